The van der Waals surface area contributed by atoms with Crippen LogP contribution in [0.5, 0.6) is 0 Å². The maximum atomic E-state index is 9.62. The highest BCUT2D eigenvalue weighted by Crippen LogP contribution is 2.02. The van der Waals surface area contributed by atoms with E-state index < -0.39 is 6.10 Å². The van der Waals surface area contributed by atoms with Gasteiger partial charge in [-0.3, -0.25) is 0 Å². The summed E-state index contributed by atoms with van der Waals surface area (Å²) in [6.07, 6.45) is 1.84. The zero-order chi connectivity index (χ0) is 12.5. The highest BCUT2D eigenvalue weighted by molar-refractivity contribution is 4.96. The molecule has 0 aromatic carbocycles. The second-order valence-electron chi connectivity index (χ2n) is 3.94. The van der Waals surface area contributed by atoms with Crippen molar-refractivity contribution in [3.8, 4) is 0 Å². The van der Waals surface area contributed by atoms with Crippen LogP contribution < -0.4 is 5.32 Å². The lowest BCUT2D eigenvalue weighted by Crippen LogP contribution is -2.39. The van der Waals surface area contributed by atoms with E-state index in [1.807, 2.05) is 13.0 Å². The van der Waals surface area contributed by atoms with Gasteiger partial charge in [0.2, 0.25) is 0 Å². The molecule has 3 N–H and O–H groups in total. The molecule has 5 heteroatoms. The Labute approximate surface area is 101 Å². The summed E-state index contributed by atoms with van der Waals surface area (Å²) >= 11 is 0. The summed E-state index contributed by atoms with van der Waals surface area (Å²) in [4.78, 5) is 0. The fourth-order valence-electron chi connectivity index (χ4n) is 1.39. The van der Waals surface area contributed by atoms with E-state index in [4.69, 9.17) is 14.3 Å². The van der Waals surface area contributed by atoms with Crippen molar-refractivity contribution in [1.29, 1.82) is 0 Å². The van der Waals surface area contributed by atoms with Crippen molar-refractivity contribution in [3.05, 3.63) is 24.2 Å². The van der Waals surface area contributed by atoms with Gasteiger partial charge in [0.15, 0.2) is 0 Å². The Morgan fingerprint density at radius 2 is 2.35 bits per heavy atom. The molecule has 98 valence electrons. The molecule has 0 saturated carbocycles. The molecule has 0 fully saturated rings. The molecule has 2 atom stereocenters. The van der Waals surface area contributed by atoms with Crippen molar-refractivity contribution in [2.45, 2.75) is 32.1 Å². The molecule has 1 heterocycles. The molecule has 0 bridgehead atoms. The minimum atomic E-state index is -0.578. The van der Waals surface area contributed by atoms with Crippen molar-refractivity contribution in [1.82, 2.24) is 5.32 Å². The van der Waals surface area contributed by atoms with E-state index in [9.17, 15) is 5.11 Å². The minimum Gasteiger partial charge on any atom is -0.467 e. The molecule has 0 aliphatic heterocycles. The molecule has 0 radical (unpaired) electrons. The first-order valence-electron chi connectivity index (χ1n) is 5.88. The highest BCUT2D eigenvalue weighted by Gasteiger charge is 2.08. The summed E-state index contributed by atoms with van der Waals surface area (Å²) in [6.45, 7) is 3.08. The number of rotatable bonds is 9. The number of ether oxygens (including phenoxy) is 1. The van der Waals surface area contributed by atoms with Gasteiger partial charge < -0.3 is 24.7 Å². The summed E-state index contributed by atoms with van der Waals surface area (Å²) in [6, 6.07) is 3.66. The molecule has 0 amide bonds. The lowest BCUT2D eigenvalue weighted by atomic mass is 10.2. The molecule has 0 aliphatic carbocycles. The molecular formula is C12H21NO4. The van der Waals surface area contributed by atoms with Crippen molar-refractivity contribution in [3.63, 3.8) is 0 Å². The maximum Gasteiger partial charge on any atom is 0.129 e. The molecule has 1 rings (SSSR count). The standard InChI is InChI=1S/C12H21NO4/c1-2-10(7-14)13-6-11(15)8-16-9-12-4-3-5-17-12/h3-5,10-11,13-15H,2,6-9H2,1H3. The molecule has 17 heavy (non-hydrogen) atoms. The van der Waals surface area contributed by atoms with E-state index in [0.29, 0.717) is 13.2 Å². The molecule has 0 spiro atoms. The van der Waals surface area contributed by atoms with Gasteiger partial charge in [0.1, 0.15) is 12.4 Å². The first-order valence-corrected chi connectivity index (χ1v) is 5.88. The van der Waals surface area contributed by atoms with Crippen LogP contribution in [-0.4, -0.2) is 42.1 Å². The van der Waals surface area contributed by atoms with Crippen LogP contribution in [0, 0.1) is 0 Å². The molecule has 0 saturated heterocycles. The van der Waals surface area contributed by atoms with Gasteiger partial charge >= 0.3 is 0 Å². The Bertz CT molecular complexity index is 272. The second kappa shape index (κ2) is 8.25. The lowest BCUT2D eigenvalue weighted by molar-refractivity contribution is 0.0206. The lowest BCUT2D eigenvalue weighted by Gasteiger charge is -2.17. The molecule has 0 aliphatic rings. The van der Waals surface area contributed by atoms with Gasteiger partial charge in [0, 0.05) is 12.6 Å². The van der Waals surface area contributed by atoms with Gasteiger partial charge in [-0.15, -0.1) is 0 Å². The molecule has 5 nitrogen and oxygen atoms in total. The van der Waals surface area contributed by atoms with E-state index >= 15 is 0 Å². The Balaban J connectivity index is 2.06. The van der Waals surface area contributed by atoms with Crippen LogP contribution in [0.1, 0.15) is 19.1 Å². The van der Waals surface area contributed by atoms with Crippen molar-refractivity contribution in [2.24, 2.45) is 0 Å². The molecule has 1 aromatic rings. The number of hydrogen-bond acceptors (Lipinski definition) is 5. The predicted octanol–water partition coefficient (Wildman–Crippen LogP) is 0.518. The SMILES string of the molecule is CCC(CO)NCC(O)COCc1ccco1. The Hall–Kier alpha value is -0.880. The van der Waals surface area contributed by atoms with Gasteiger partial charge in [-0.1, -0.05) is 6.92 Å². The number of nitrogens with one attached hydrogen (secondary N) is 1. The average Bonchev–Trinajstić information content (AvgIpc) is 2.83. The minimum absolute atomic E-state index is 0.0368. The first kappa shape index (κ1) is 14.2. The molecular weight excluding hydrogens is 222 g/mol. The van der Waals surface area contributed by atoms with Crippen molar-refractivity contribution < 1.29 is 19.4 Å². The fraction of sp³-hybridized carbons (Fsp3) is 0.667. The van der Waals surface area contributed by atoms with E-state index in [0.717, 1.165) is 12.2 Å². The zero-order valence-electron chi connectivity index (χ0n) is 10.1. The van der Waals surface area contributed by atoms with Crippen LogP contribution >= 0.6 is 0 Å². The number of aliphatic hydroxyl groups excluding tert-OH is 2. The van der Waals surface area contributed by atoms with Crippen LogP contribution in [0.15, 0.2) is 22.8 Å². The number of aliphatic hydroxyl groups is 2. The predicted molar refractivity (Wildman–Crippen MR) is 63.5 cm³/mol. The normalized spacial score (nSPS) is 14.8. The van der Waals surface area contributed by atoms with Gasteiger partial charge in [-0.2, -0.15) is 0 Å². The third-order valence-electron chi connectivity index (χ3n) is 2.49. The Morgan fingerprint density at radius 1 is 1.53 bits per heavy atom. The summed E-state index contributed by atoms with van der Waals surface area (Å²) < 4.78 is 10.4. The van der Waals surface area contributed by atoms with Crippen LogP contribution in [0.2, 0.25) is 0 Å². The summed E-state index contributed by atoms with van der Waals surface area (Å²) in [5.74, 6) is 0.743. The zero-order valence-corrected chi connectivity index (χ0v) is 10.1. The van der Waals surface area contributed by atoms with Crippen molar-refractivity contribution in [2.75, 3.05) is 19.8 Å². The Morgan fingerprint density at radius 3 is 2.94 bits per heavy atom. The maximum absolute atomic E-state index is 9.62. The van der Waals surface area contributed by atoms with Crippen LogP contribution in [0.25, 0.3) is 0 Å². The number of hydrogen-bond donors (Lipinski definition) is 3. The van der Waals surface area contributed by atoms with Crippen LogP contribution in [0.3, 0.4) is 0 Å². The molecule has 1 aromatic heterocycles. The van der Waals surface area contributed by atoms with E-state index in [2.05, 4.69) is 5.32 Å². The largest absolute Gasteiger partial charge is 0.467 e. The van der Waals surface area contributed by atoms with Crippen LogP contribution in [0.4, 0.5) is 0 Å². The van der Waals surface area contributed by atoms with Crippen LogP contribution in [-0.2, 0) is 11.3 Å². The van der Waals surface area contributed by atoms with E-state index in [-0.39, 0.29) is 19.3 Å². The Kier molecular flexibility index (Phi) is 6.88. The summed E-state index contributed by atoms with van der Waals surface area (Å²) in [5, 5.41) is 21.6. The average molecular weight is 243 g/mol. The quantitative estimate of drug-likeness (QED) is 0.589. The fourth-order valence-corrected chi connectivity index (χ4v) is 1.39. The molecule has 2 unspecified atom stereocenters. The topological polar surface area (TPSA) is 74.9 Å². The van der Waals surface area contributed by atoms with Gasteiger partial charge in [-0.05, 0) is 18.6 Å². The second-order valence-corrected chi connectivity index (χ2v) is 3.94. The van der Waals surface area contributed by atoms with E-state index in [1.54, 1.807) is 12.3 Å². The highest BCUT2D eigenvalue weighted by atomic mass is 16.5. The summed E-state index contributed by atoms with van der Waals surface area (Å²) in [5.41, 5.74) is 0. The van der Waals surface area contributed by atoms with Crippen molar-refractivity contribution >= 4 is 0 Å². The summed E-state index contributed by atoms with van der Waals surface area (Å²) in [7, 11) is 0. The third-order valence-corrected chi connectivity index (χ3v) is 2.49. The van der Waals surface area contributed by atoms with Gasteiger partial charge in [0.25, 0.3) is 0 Å². The number of furan rings is 1. The van der Waals surface area contributed by atoms with Gasteiger partial charge in [-0.25, -0.2) is 0 Å². The third kappa shape index (κ3) is 5.83. The van der Waals surface area contributed by atoms with E-state index in [1.165, 1.54) is 0 Å². The smallest absolute Gasteiger partial charge is 0.129 e. The first-order chi connectivity index (χ1) is 8.26. The monoisotopic (exact) mass is 243 g/mol. The van der Waals surface area contributed by atoms with Gasteiger partial charge in [0.05, 0.1) is 25.6 Å².